The molecule has 0 fully saturated rings. The first kappa shape index (κ1) is 25.9. The first-order chi connectivity index (χ1) is 17.9. The number of amides is 2. The SMILES string of the molecule is COC[C@@H](c1ccccc1)N(Cc1ccc(C(=O)OC)cc1)C(=O)C1Cc2ccccc2CN1C(=O)O. The van der Waals surface area contributed by atoms with Crippen molar-refractivity contribution in [2.24, 2.45) is 0 Å². The molecule has 1 aliphatic heterocycles. The molecule has 2 amide bonds. The van der Waals surface area contributed by atoms with Crippen molar-refractivity contribution in [2.75, 3.05) is 20.8 Å². The van der Waals surface area contributed by atoms with Gasteiger partial charge in [0.15, 0.2) is 0 Å². The van der Waals surface area contributed by atoms with Gasteiger partial charge in [-0.05, 0) is 34.4 Å². The van der Waals surface area contributed by atoms with Crippen LogP contribution in [0, 0.1) is 0 Å². The monoisotopic (exact) mass is 502 g/mol. The molecule has 2 atom stereocenters. The van der Waals surface area contributed by atoms with Gasteiger partial charge in [-0.2, -0.15) is 0 Å². The lowest BCUT2D eigenvalue weighted by Crippen LogP contribution is -2.54. The zero-order valence-corrected chi connectivity index (χ0v) is 20.9. The number of benzene rings is 3. The standard InChI is InChI=1S/C29H30N2O6/c1-36-19-26(21-8-4-3-5-9-21)30(17-20-12-14-22(15-13-20)28(33)37-2)27(32)25-16-23-10-6-7-11-24(23)18-31(25)29(34)35/h3-15,25-26H,16-19H2,1-2H3,(H,34,35)/t25?,26-/m0/s1. The van der Waals surface area contributed by atoms with Crippen LogP contribution in [0.5, 0.6) is 0 Å². The third-order valence-corrected chi connectivity index (χ3v) is 6.68. The van der Waals surface area contributed by atoms with E-state index in [1.807, 2.05) is 54.6 Å². The van der Waals surface area contributed by atoms with Crippen molar-refractivity contribution in [1.29, 1.82) is 0 Å². The van der Waals surface area contributed by atoms with Crippen LogP contribution in [0.3, 0.4) is 0 Å². The second-order valence-electron chi connectivity index (χ2n) is 8.94. The van der Waals surface area contributed by atoms with Crippen molar-refractivity contribution >= 4 is 18.0 Å². The van der Waals surface area contributed by atoms with Crippen LogP contribution >= 0.6 is 0 Å². The number of fused-ring (bicyclic) bond motifs is 1. The van der Waals surface area contributed by atoms with Crippen molar-refractivity contribution in [2.45, 2.75) is 31.6 Å². The van der Waals surface area contributed by atoms with Gasteiger partial charge in [-0.1, -0.05) is 66.7 Å². The first-order valence-electron chi connectivity index (χ1n) is 12.0. The molecule has 0 saturated heterocycles. The molecule has 0 aromatic heterocycles. The molecule has 3 aromatic carbocycles. The molecule has 1 unspecified atom stereocenters. The minimum atomic E-state index is -1.14. The summed E-state index contributed by atoms with van der Waals surface area (Å²) in [6.45, 7) is 0.574. The van der Waals surface area contributed by atoms with Crippen LogP contribution in [0.2, 0.25) is 0 Å². The number of hydrogen-bond acceptors (Lipinski definition) is 5. The third kappa shape index (κ3) is 5.81. The molecule has 8 heteroatoms. The van der Waals surface area contributed by atoms with E-state index in [0.717, 1.165) is 22.3 Å². The van der Waals surface area contributed by atoms with E-state index in [1.165, 1.54) is 12.0 Å². The molecular weight excluding hydrogens is 472 g/mol. The Balaban J connectivity index is 1.73. The summed E-state index contributed by atoms with van der Waals surface area (Å²) in [6, 6.07) is 22.6. The van der Waals surface area contributed by atoms with Crippen LogP contribution in [-0.4, -0.2) is 59.7 Å². The number of carboxylic acid groups (broad SMARTS) is 1. The molecule has 8 nitrogen and oxygen atoms in total. The summed E-state index contributed by atoms with van der Waals surface area (Å²) < 4.78 is 10.3. The molecule has 4 rings (SSSR count). The average molecular weight is 503 g/mol. The van der Waals surface area contributed by atoms with Gasteiger partial charge in [0.25, 0.3) is 0 Å². The van der Waals surface area contributed by atoms with Gasteiger partial charge in [0.2, 0.25) is 5.91 Å². The molecule has 0 bridgehead atoms. The van der Waals surface area contributed by atoms with Crippen molar-refractivity contribution in [3.05, 3.63) is 107 Å². The van der Waals surface area contributed by atoms with E-state index in [1.54, 1.807) is 36.3 Å². The summed E-state index contributed by atoms with van der Waals surface area (Å²) in [5, 5.41) is 10.0. The highest BCUT2D eigenvalue weighted by Crippen LogP contribution is 2.30. The van der Waals surface area contributed by atoms with Crippen LogP contribution in [0.15, 0.2) is 78.9 Å². The molecule has 0 saturated carbocycles. The highest BCUT2D eigenvalue weighted by molar-refractivity contribution is 5.89. The smallest absolute Gasteiger partial charge is 0.408 e. The zero-order chi connectivity index (χ0) is 26.4. The molecule has 1 aliphatic rings. The summed E-state index contributed by atoms with van der Waals surface area (Å²) in [5.41, 5.74) is 3.93. The number of ether oxygens (including phenoxy) is 2. The molecule has 0 radical (unpaired) electrons. The Morgan fingerprint density at radius 1 is 0.946 bits per heavy atom. The predicted molar refractivity (Wildman–Crippen MR) is 137 cm³/mol. The summed E-state index contributed by atoms with van der Waals surface area (Å²) in [4.78, 5) is 41.2. The Hall–Kier alpha value is -4.17. The van der Waals surface area contributed by atoms with E-state index in [2.05, 4.69) is 0 Å². The van der Waals surface area contributed by atoms with Crippen LogP contribution < -0.4 is 0 Å². The highest BCUT2D eigenvalue weighted by Gasteiger charge is 2.39. The van der Waals surface area contributed by atoms with Gasteiger partial charge in [0.05, 0.1) is 31.9 Å². The Morgan fingerprint density at radius 2 is 1.59 bits per heavy atom. The van der Waals surface area contributed by atoms with Crippen molar-refractivity contribution in [3.63, 3.8) is 0 Å². The van der Waals surface area contributed by atoms with Gasteiger partial charge < -0.3 is 19.5 Å². The Bertz CT molecular complexity index is 1240. The second-order valence-corrected chi connectivity index (χ2v) is 8.94. The molecule has 0 spiro atoms. The van der Waals surface area contributed by atoms with Gasteiger partial charge in [-0.15, -0.1) is 0 Å². The van der Waals surface area contributed by atoms with Gasteiger partial charge >= 0.3 is 12.1 Å². The van der Waals surface area contributed by atoms with Gasteiger partial charge in [-0.25, -0.2) is 9.59 Å². The summed E-state index contributed by atoms with van der Waals surface area (Å²) in [5.74, 6) is -0.751. The van der Waals surface area contributed by atoms with Crippen LogP contribution in [-0.2, 0) is 33.8 Å². The van der Waals surface area contributed by atoms with Crippen LogP contribution in [0.1, 0.15) is 38.7 Å². The number of carbonyl (C=O) groups is 3. The number of esters is 1. The minimum absolute atomic E-state index is 0.143. The number of nitrogens with zero attached hydrogens (tertiary/aromatic N) is 2. The lowest BCUT2D eigenvalue weighted by Gasteiger charge is -2.40. The van der Waals surface area contributed by atoms with Crippen LogP contribution in [0.4, 0.5) is 4.79 Å². The largest absolute Gasteiger partial charge is 0.465 e. The summed E-state index contributed by atoms with van der Waals surface area (Å²) in [6.07, 6.45) is -0.855. The fourth-order valence-corrected chi connectivity index (χ4v) is 4.74. The lowest BCUT2D eigenvalue weighted by atomic mass is 9.92. The number of carbonyl (C=O) groups excluding carboxylic acids is 2. The molecule has 192 valence electrons. The van der Waals surface area contributed by atoms with Gasteiger partial charge in [0, 0.05) is 20.1 Å². The maximum Gasteiger partial charge on any atom is 0.408 e. The van der Waals surface area contributed by atoms with Crippen molar-refractivity contribution in [1.82, 2.24) is 9.80 Å². The Kier molecular flexibility index (Phi) is 8.20. The maximum absolute atomic E-state index is 14.2. The zero-order valence-electron chi connectivity index (χ0n) is 20.9. The first-order valence-corrected chi connectivity index (χ1v) is 12.0. The van der Waals surface area contributed by atoms with E-state index >= 15 is 0 Å². The second kappa shape index (κ2) is 11.7. The molecule has 0 aliphatic carbocycles. The Morgan fingerprint density at radius 3 is 2.22 bits per heavy atom. The Labute approximate surface area is 216 Å². The molecular formula is C29H30N2O6. The van der Waals surface area contributed by atoms with Gasteiger partial charge in [-0.3, -0.25) is 9.69 Å². The fourth-order valence-electron chi connectivity index (χ4n) is 4.74. The van der Waals surface area contributed by atoms with Crippen LogP contribution in [0.25, 0.3) is 0 Å². The number of rotatable bonds is 8. The maximum atomic E-state index is 14.2. The normalized spacial score (nSPS) is 15.4. The van der Waals surface area contributed by atoms with E-state index in [9.17, 15) is 19.5 Å². The number of hydrogen-bond donors (Lipinski definition) is 1. The minimum Gasteiger partial charge on any atom is -0.465 e. The quantitative estimate of drug-likeness (QED) is 0.462. The lowest BCUT2D eigenvalue weighted by molar-refractivity contribution is -0.141. The molecule has 3 aromatic rings. The topological polar surface area (TPSA) is 96.4 Å². The summed E-state index contributed by atoms with van der Waals surface area (Å²) in [7, 11) is 2.90. The fraction of sp³-hybridized carbons (Fsp3) is 0.276. The van der Waals surface area contributed by atoms with E-state index in [-0.39, 0.29) is 32.0 Å². The van der Waals surface area contributed by atoms with E-state index in [4.69, 9.17) is 9.47 Å². The average Bonchev–Trinajstić information content (AvgIpc) is 2.94. The van der Waals surface area contributed by atoms with Crippen molar-refractivity contribution in [3.8, 4) is 0 Å². The molecule has 1 heterocycles. The van der Waals surface area contributed by atoms with Gasteiger partial charge in [0.1, 0.15) is 6.04 Å². The number of methoxy groups -OCH3 is 2. The molecule has 37 heavy (non-hydrogen) atoms. The van der Waals surface area contributed by atoms with E-state index in [0.29, 0.717) is 5.56 Å². The predicted octanol–water partition coefficient (Wildman–Crippen LogP) is 4.29. The van der Waals surface area contributed by atoms with E-state index < -0.39 is 24.1 Å². The highest BCUT2D eigenvalue weighted by atomic mass is 16.5. The molecule has 1 N–H and O–H groups in total. The third-order valence-electron chi connectivity index (χ3n) is 6.68. The van der Waals surface area contributed by atoms with Crippen molar-refractivity contribution < 1.29 is 29.0 Å². The summed E-state index contributed by atoms with van der Waals surface area (Å²) >= 11 is 0.